The van der Waals surface area contributed by atoms with Gasteiger partial charge in [-0.2, -0.15) is 0 Å². The fourth-order valence-corrected chi connectivity index (χ4v) is 2.80. The molecule has 1 saturated carbocycles. The van der Waals surface area contributed by atoms with E-state index >= 15 is 0 Å². The monoisotopic (exact) mass is 276 g/mol. The summed E-state index contributed by atoms with van der Waals surface area (Å²) in [5.74, 6) is -1.97. The Morgan fingerprint density at radius 2 is 1.85 bits per heavy atom. The Labute approximate surface area is 118 Å². The first-order chi connectivity index (χ1) is 9.59. The summed E-state index contributed by atoms with van der Waals surface area (Å²) in [6.45, 7) is 1.89. The smallest absolute Gasteiger partial charge is 0.307 e. The zero-order valence-corrected chi connectivity index (χ0v) is 11.6. The Morgan fingerprint density at radius 1 is 1.25 bits per heavy atom. The van der Waals surface area contributed by atoms with Crippen LogP contribution in [0.15, 0.2) is 24.5 Å². The van der Waals surface area contributed by atoms with Gasteiger partial charge in [0, 0.05) is 12.4 Å². The second kappa shape index (κ2) is 6.50. The van der Waals surface area contributed by atoms with Crippen LogP contribution in [0.2, 0.25) is 0 Å². The van der Waals surface area contributed by atoms with Gasteiger partial charge in [0.2, 0.25) is 5.91 Å². The first-order valence-electron chi connectivity index (χ1n) is 7.02. The average Bonchev–Trinajstić information content (AvgIpc) is 2.48. The molecule has 2 unspecified atom stereocenters. The third-order valence-corrected chi connectivity index (χ3v) is 3.98. The van der Waals surface area contributed by atoms with Crippen LogP contribution in [-0.4, -0.2) is 22.0 Å². The van der Waals surface area contributed by atoms with Gasteiger partial charge in [0.05, 0.1) is 17.9 Å². The molecule has 0 aliphatic heterocycles. The summed E-state index contributed by atoms with van der Waals surface area (Å²) >= 11 is 0. The van der Waals surface area contributed by atoms with E-state index in [1.54, 1.807) is 12.4 Å². The summed E-state index contributed by atoms with van der Waals surface area (Å²) in [6.07, 6.45) is 6.42. The van der Waals surface area contributed by atoms with Crippen molar-refractivity contribution in [2.45, 2.75) is 38.6 Å². The highest BCUT2D eigenvalue weighted by molar-refractivity contribution is 5.85. The molecule has 0 bridgehead atoms. The molecule has 1 heterocycles. The van der Waals surface area contributed by atoms with Crippen LogP contribution < -0.4 is 5.32 Å². The molecule has 0 aromatic carbocycles. The maximum Gasteiger partial charge on any atom is 0.307 e. The van der Waals surface area contributed by atoms with E-state index in [2.05, 4.69) is 10.3 Å². The molecule has 1 aliphatic rings. The number of rotatable bonds is 4. The number of nitrogens with one attached hydrogen (secondary N) is 1. The van der Waals surface area contributed by atoms with E-state index in [9.17, 15) is 14.7 Å². The average molecular weight is 276 g/mol. The van der Waals surface area contributed by atoms with Gasteiger partial charge in [-0.15, -0.1) is 0 Å². The third kappa shape index (κ3) is 3.35. The Balaban J connectivity index is 2.01. The number of carboxylic acids is 1. The van der Waals surface area contributed by atoms with Gasteiger partial charge in [-0.05, 0) is 37.5 Å². The Bertz CT molecular complexity index is 475. The molecule has 1 amide bonds. The standard InChI is InChI=1S/C15H20N2O3/c1-10(11-6-8-16-9-7-11)17-14(18)12-4-2-3-5-13(12)15(19)20/h6-10,12-13H,2-5H2,1H3,(H,17,18)(H,19,20)/t10-,12?,13?/m1/s1. The summed E-state index contributed by atoms with van der Waals surface area (Å²) in [6, 6.07) is 3.56. The number of amides is 1. The lowest BCUT2D eigenvalue weighted by molar-refractivity contribution is -0.149. The van der Waals surface area contributed by atoms with Crippen molar-refractivity contribution in [1.82, 2.24) is 10.3 Å². The molecule has 3 atom stereocenters. The van der Waals surface area contributed by atoms with Crippen molar-refractivity contribution in [3.8, 4) is 0 Å². The highest BCUT2D eigenvalue weighted by Crippen LogP contribution is 2.31. The molecular formula is C15H20N2O3. The largest absolute Gasteiger partial charge is 0.481 e. The van der Waals surface area contributed by atoms with Gasteiger partial charge in [-0.1, -0.05) is 12.8 Å². The summed E-state index contributed by atoms with van der Waals surface area (Å²) in [7, 11) is 0. The van der Waals surface area contributed by atoms with Gasteiger partial charge < -0.3 is 10.4 Å². The Morgan fingerprint density at radius 3 is 2.45 bits per heavy atom. The predicted octanol–water partition coefficient (Wildman–Crippen LogP) is 2.15. The van der Waals surface area contributed by atoms with Gasteiger partial charge in [0.1, 0.15) is 0 Å². The molecule has 5 heteroatoms. The maximum atomic E-state index is 12.3. The topological polar surface area (TPSA) is 79.3 Å². The number of carbonyl (C=O) groups is 2. The van der Waals surface area contributed by atoms with E-state index in [1.807, 2.05) is 19.1 Å². The van der Waals surface area contributed by atoms with Crippen molar-refractivity contribution in [1.29, 1.82) is 0 Å². The maximum absolute atomic E-state index is 12.3. The minimum Gasteiger partial charge on any atom is -0.481 e. The van der Waals surface area contributed by atoms with Crippen molar-refractivity contribution in [3.63, 3.8) is 0 Å². The zero-order chi connectivity index (χ0) is 14.5. The number of carboxylic acid groups (broad SMARTS) is 1. The number of pyridine rings is 1. The lowest BCUT2D eigenvalue weighted by Gasteiger charge is -2.28. The number of carbonyl (C=O) groups excluding carboxylic acids is 1. The van der Waals surface area contributed by atoms with Crippen LogP contribution in [0.3, 0.4) is 0 Å². The van der Waals surface area contributed by atoms with Crippen molar-refractivity contribution in [2.24, 2.45) is 11.8 Å². The zero-order valence-electron chi connectivity index (χ0n) is 11.6. The van der Waals surface area contributed by atoms with Crippen LogP contribution in [0.1, 0.15) is 44.2 Å². The van der Waals surface area contributed by atoms with E-state index in [0.29, 0.717) is 12.8 Å². The van der Waals surface area contributed by atoms with E-state index in [0.717, 1.165) is 18.4 Å². The van der Waals surface area contributed by atoms with E-state index in [1.165, 1.54) is 0 Å². The second-order valence-corrected chi connectivity index (χ2v) is 5.35. The third-order valence-electron chi connectivity index (χ3n) is 3.98. The summed E-state index contributed by atoms with van der Waals surface area (Å²) in [5, 5.41) is 12.1. The predicted molar refractivity (Wildman–Crippen MR) is 73.9 cm³/mol. The molecule has 1 aromatic heterocycles. The molecule has 0 radical (unpaired) electrons. The normalized spacial score (nSPS) is 23.9. The first-order valence-corrected chi connectivity index (χ1v) is 7.02. The van der Waals surface area contributed by atoms with Crippen LogP contribution in [0.4, 0.5) is 0 Å². The second-order valence-electron chi connectivity index (χ2n) is 5.35. The molecule has 0 spiro atoms. The Kier molecular flexibility index (Phi) is 4.71. The molecule has 5 nitrogen and oxygen atoms in total. The molecule has 20 heavy (non-hydrogen) atoms. The molecule has 2 rings (SSSR count). The van der Waals surface area contributed by atoms with E-state index < -0.39 is 17.8 Å². The van der Waals surface area contributed by atoms with Gasteiger partial charge in [0.25, 0.3) is 0 Å². The summed E-state index contributed by atoms with van der Waals surface area (Å²) in [5.41, 5.74) is 0.969. The molecule has 1 fully saturated rings. The fourth-order valence-electron chi connectivity index (χ4n) is 2.80. The highest BCUT2D eigenvalue weighted by atomic mass is 16.4. The van der Waals surface area contributed by atoms with Gasteiger partial charge in [0.15, 0.2) is 0 Å². The van der Waals surface area contributed by atoms with Crippen LogP contribution in [0, 0.1) is 11.8 Å². The number of nitrogens with zero attached hydrogens (tertiary/aromatic N) is 1. The van der Waals surface area contributed by atoms with Crippen molar-refractivity contribution >= 4 is 11.9 Å². The van der Waals surface area contributed by atoms with Crippen LogP contribution >= 0.6 is 0 Å². The van der Waals surface area contributed by atoms with Crippen LogP contribution in [0.5, 0.6) is 0 Å². The summed E-state index contributed by atoms with van der Waals surface area (Å²) in [4.78, 5) is 27.5. The SMILES string of the molecule is C[C@@H](NC(=O)C1CCCCC1C(=O)O)c1ccncc1. The quantitative estimate of drug-likeness (QED) is 0.883. The van der Waals surface area contributed by atoms with Crippen LogP contribution in [-0.2, 0) is 9.59 Å². The van der Waals surface area contributed by atoms with Crippen molar-refractivity contribution in [3.05, 3.63) is 30.1 Å². The molecular weight excluding hydrogens is 256 g/mol. The fraction of sp³-hybridized carbons (Fsp3) is 0.533. The lowest BCUT2D eigenvalue weighted by Crippen LogP contribution is -2.40. The minimum absolute atomic E-state index is 0.137. The molecule has 1 aromatic rings. The number of hydrogen-bond acceptors (Lipinski definition) is 3. The number of hydrogen-bond donors (Lipinski definition) is 2. The first kappa shape index (κ1) is 14.5. The highest BCUT2D eigenvalue weighted by Gasteiger charge is 2.36. The van der Waals surface area contributed by atoms with E-state index in [4.69, 9.17) is 0 Å². The van der Waals surface area contributed by atoms with Crippen molar-refractivity contribution in [2.75, 3.05) is 0 Å². The van der Waals surface area contributed by atoms with Crippen molar-refractivity contribution < 1.29 is 14.7 Å². The number of aliphatic carboxylic acids is 1. The number of aromatic nitrogens is 1. The van der Waals surface area contributed by atoms with Gasteiger partial charge in [-0.25, -0.2) is 0 Å². The summed E-state index contributed by atoms with van der Waals surface area (Å²) < 4.78 is 0. The molecule has 108 valence electrons. The minimum atomic E-state index is -0.860. The lowest BCUT2D eigenvalue weighted by atomic mass is 9.78. The van der Waals surface area contributed by atoms with Gasteiger partial charge >= 0.3 is 5.97 Å². The van der Waals surface area contributed by atoms with E-state index in [-0.39, 0.29) is 11.9 Å². The molecule has 2 N–H and O–H groups in total. The molecule has 1 aliphatic carbocycles. The van der Waals surface area contributed by atoms with Gasteiger partial charge in [-0.3, -0.25) is 14.6 Å². The van der Waals surface area contributed by atoms with Crippen LogP contribution in [0.25, 0.3) is 0 Å². The molecule has 0 saturated heterocycles. The Hall–Kier alpha value is -1.91.